The van der Waals surface area contributed by atoms with Crippen LogP contribution in [0.4, 0.5) is 34.1 Å². The monoisotopic (exact) mass is 734 g/mol. The predicted molar refractivity (Wildman–Crippen MR) is 240 cm³/mol. The van der Waals surface area contributed by atoms with E-state index in [2.05, 4.69) is 206 Å². The summed E-state index contributed by atoms with van der Waals surface area (Å²) in [5.41, 5.74) is 13.8. The van der Waals surface area contributed by atoms with Gasteiger partial charge in [-0.05, 0) is 144 Å². The molecule has 0 atom stereocenters. The normalized spacial score (nSPS) is 11.8. The Balaban J connectivity index is 1.02. The van der Waals surface area contributed by atoms with E-state index in [0.29, 0.717) is 0 Å². The summed E-state index contributed by atoms with van der Waals surface area (Å²) in [5, 5.41) is 8.93. The number of fused-ring (bicyclic) bond motifs is 8. The molecule has 2 aromatic heterocycles. The molecule has 4 heteroatoms. The first-order valence-corrected chi connectivity index (χ1v) is 19.5. The first-order chi connectivity index (χ1) is 28.0. The van der Waals surface area contributed by atoms with Crippen LogP contribution in [0.2, 0.25) is 0 Å². The molecular weight excluding hydrogens is 697 g/mol. The van der Waals surface area contributed by atoms with Crippen LogP contribution in [0, 0.1) is 20.8 Å². The Morgan fingerprint density at radius 3 is 1.19 bits per heavy atom. The van der Waals surface area contributed by atoms with E-state index in [4.69, 9.17) is 8.83 Å². The molecule has 272 valence electrons. The molecule has 0 fully saturated rings. The van der Waals surface area contributed by atoms with Crippen LogP contribution in [0.25, 0.3) is 65.4 Å². The van der Waals surface area contributed by atoms with E-state index in [9.17, 15) is 0 Å². The fourth-order valence-electron chi connectivity index (χ4n) is 8.64. The lowest BCUT2D eigenvalue weighted by Gasteiger charge is -2.28. The van der Waals surface area contributed by atoms with Crippen molar-refractivity contribution in [1.29, 1.82) is 0 Å². The Morgan fingerprint density at radius 1 is 0.298 bits per heavy atom. The minimum Gasteiger partial charge on any atom is -0.456 e. The van der Waals surface area contributed by atoms with Gasteiger partial charge in [0.2, 0.25) is 0 Å². The Hall–Kier alpha value is -7.30. The molecule has 0 N–H and O–H groups in total. The molecule has 57 heavy (non-hydrogen) atoms. The topological polar surface area (TPSA) is 32.8 Å². The smallest absolute Gasteiger partial charge is 0.139 e. The summed E-state index contributed by atoms with van der Waals surface area (Å²) in [6.07, 6.45) is 0. The van der Waals surface area contributed by atoms with Crippen LogP contribution in [0.15, 0.2) is 185 Å². The van der Waals surface area contributed by atoms with Crippen LogP contribution >= 0.6 is 0 Å². The number of furan rings is 2. The fourth-order valence-corrected chi connectivity index (χ4v) is 8.64. The molecule has 0 aliphatic carbocycles. The van der Waals surface area contributed by atoms with E-state index in [-0.39, 0.29) is 0 Å². The molecule has 4 nitrogen and oxygen atoms in total. The highest BCUT2D eigenvalue weighted by Crippen LogP contribution is 2.43. The van der Waals surface area contributed by atoms with Gasteiger partial charge in [0.05, 0.1) is 0 Å². The van der Waals surface area contributed by atoms with Gasteiger partial charge in [-0.3, -0.25) is 0 Å². The Labute approximate surface area is 330 Å². The minimum absolute atomic E-state index is 0.817. The molecule has 0 saturated heterocycles. The molecule has 0 radical (unpaired) electrons. The lowest BCUT2D eigenvalue weighted by molar-refractivity contribution is 0.656. The zero-order chi connectivity index (χ0) is 38.2. The number of benzene rings is 9. The van der Waals surface area contributed by atoms with Crippen molar-refractivity contribution < 1.29 is 8.83 Å². The van der Waals surface area contributed by atoms with Crippen molar-refractivity contribution in [3.05, 3.63) is 193 Å². The Kier molecular flexibility index (Phi) is 7.48. The second-order valence-corrected chi connectivity index (χ2v) is 15.2. The van der Waals surface area contributed by atoms with Crippen LogP contribution in [0.1, 0.15) is 16.7 Å². The molecule has 11 rings (SSSR count). The van der Waals surface area contributed by atoms with Crippen molar-refractivity contribution >= 4 is 99.5 Å². The SMILES string of the molecule is Cc1ccccc1N(c1ccccc1)c1ccc2cc3c(cc2c1)oc1cc2oc4cc5cc(N(c6ccccc6C)c6ccccc6C)ccc5cc4c2cc13. The van der Waals surface area contributed by atoms with Crippen LogP contribution in [-0.4, -0.2) is 0 Å². The van der Waals surface area contributed by atoms with Gasteiger partial charge in [0.25, 0.3) is 0 Å². The van der Waals surface area contributed by atoms with Gasteiger partial charge in [0, 0.05) is 61.7 Å². The second-order valence-electron chi connectivity index (χ2n) is 15.2. The summed E-state index contributed by atoms with van der Waals surface area (Å²) in [6, 6.07) is 62.9. The summed E-state index contributed by atoms with van der Waals surface area (Å²) in [4.78, 5) is 4.69. The zero-order valence-electron chi connectivity index (χ0n) is 32.0. The van der Waals surface area contributed by atoms with Crippen LogP contribution in [-0.2, 0) is 0 Å². The van der Waals surface area contributed by atoms with Gasteiger partial charge in [-0.15, -0.1) is 0 Å². The molecule has 9 aromatic carbocycles. The highest BCUT2D eigenvalue weighted by molar-refractivity contribution is 6.18. The quantitative estimate of drug-likeness (QED) is 0.170. The van der Waals surface area contributed by atoms with Crippen molar-refractivity contribution in [2.45, 2.75) is 20.8 Å². The molecule has 0 aliphatic heterocycles. The summed E-state index contributed by atoms with van der Waals surface area (Å²) < 4.78 is 13.2. The molecule has 0 saturated carbocycles. The third-order valence-electron chi connectivity index (χ3n) is 11.5. The molecule has 0 unspecified atom stereocenters. The lowest BCUT2D eigenvalue weighted by atomic mass is 10.0. The molecule has 0 amide bonds. The Bertz CT molecular complexity index is 3310. The first kappa shape index (κ1) is 33.1. The van der Waals surface area contributed by atoms with E-state index < -0.39 is 0 Å². The fraction of sp³-hybridized carbons (Fsp3) is 0.0566. The average molecular weight is 735 g/mol. The van der Waals surface area contributed by atoms with Crippen molar-refractivity contribution in [2.24, 2.45) is 0 Å². The van der Waals surface area contributed by atoms with E-state index in [1.165, 1.54) is 16.7 Å². The second kappa shape index (κ2) is 12.9. The van der Waals surface area contributed by atoms with Gasteiger partial charge in [-0.1, -0.05) is 84.9 Å². The maximum absolute atomic E-state index is 6.61. The highest BCUT2D eigenvalue weighted by atomic mass is 16.3. The van der Waals surface area contributed by atoms with E-state index in [1.54, 1.807) is 0 Å². The number of para-hydroxylation sites is 4. The van der Waals surface area contributed by atoms with Crippen molar-refractivity contribution in [2.75, 3.05) is 9.80 Å². The van der Waals surface area contributed by atoms with Crippen molar-refractivity contribution in [3.63, 3.8) is 0 Å². The average Bonchev–Trinajstić information content (AvgIpc) is 3.76. The van der Waals surface area contributed by atoms with Crippen molar-refractivity contribution in [3.8, 4) is 0 Å². The van der Waals surface area contributed by atoms with Gasteiger partial charge < -0.3 is 18.6 Å². The third kappa shape index (κ3) is 5.44. The standard InChI is InChI=1S/C53H38N2O2/c1-33-13-7-10-18-47(33)54(40-16-5-4-6-17-40)41-23-21-36-27-43-45-31-46-44-28-37-22-24-42(55(48-19-11-8-14-34(48)2)49-20-12-9-15-35(49)3)26-39(37)30-51(44)57-53(46)32-52(45)56-50(43)29-38(36)25-41/h4-32H,1-3H3. The van der Waals surface area contributed by atoms with Crippen LogP contribution < -0.4 is 9.80 Å². The molecule has 2 heterocycles. The largest absolute Gasteiger partial charge is 0.456 e. The predicted octanol–water partition coefficient (Wildman–Crippen LogP) is 15.7. The van der Waals surface area contributed by atoms with Gasteiger partial charge in [0.1, 0.15) is 22.3 Å². The maximum atomic E-state index is 6.61. The van der Waals surface area contributed by atoms with Gasteiger partial charge in [-0.2, -0.15) is 0 Å². The van der Waals surface area contributed by atoms with Gasteiger partial charge in [0.15, 0.2) is 0 Å². The summed E-state index contributed by atoms with van der Waals surface area (Å²) >= 11 is 0. The minimum atomic E-state index is 0.817. The number of nitrogens with zero attached hydrogens (tertiary/aromatic N) is 2. The first-order valence-electron chi connectivity index (χ1n) is 19.5. The van der Waals surface area contributed by atoms with Crippen LogP contribution in [0.5, 0.6) is 0 Å². The number of anilines is 6. The van der Waals surface area contributed by atoms with E-state index in [0.717, 1.165) is 99.5 Å². The summed E-state index contributed by atoms with van der Waals surface area (Å²) in [7, 11) is 0. The van der Waals surface area contributed by atoms with Crippen molar-refractivity contribution in [1.82, 2.24) is 0 Å². The van der Waals surface area contributed by atoms with E-state index >= 15 is 0 Å². The van der Waals surface area contributed by atoms with Gasteiger partial charge in [-0.25, -0.2) is 0 Å². The van der Waals surface area contributed by atoms with Crippen LogP contribution in [0.3, 0.4) is 0 Å². The maximum Gasteiger partial charge on any atom is 0.139 e. The molecule has 0 spiro atoms. The summed E-state index contributed by atoms with van der Waals surface area (Å²) in [6.45, 7) is 6.51. The number of hydrogen-bond acceptors (Lipinski definition) is 4. The number of hydrogen-bond donors (Lipinski definition) is 0. The number of rotatable bonds is 6. The highest BCUT2D eigenvalue weighted by Gasteiger charge is 2.20. The molecule has 0 bridgehead atoms. The number of aryl methyl sites for hydroxylation is 3. The van der Waals surface area contributed by atoms with Gasteiger partial charge >= 0.3 is 0 Å². The molecule has 0 aliphatic rings. The molecular formula is C53H38N2O2. The zero-order valence-corrected chi connectivity index (χ0v) is 32.0. The summed E-state index contributed by atoms with van der Waals surface area (Å²) in [5.74, 6) is 0. The molecule has 11 aromatic rings. The third-order valence-corrected chi connectivity index (χ3v) is 11.5. The van der Waals surface area contributed by atoms with E-state index in [1.807, 2.05) is 0 Å². The lowest BCUT2D eigenvalue weighted by Crippen LogP contribution is -2.12. The Morgan fingerprint density at radius 2 is 0.702 bits per heavy atom.